The maximum Gasteiger partial charge on any atom is 0.103 e. The molecule has 0 aliphatic carbocycles. The third kappa shape index (κ3) is 4.00. The molecule has 0 aromatic heterocycles. The Labute approximate surface area is 120 Å². The number of hydrogen-bond acceptors (Lipinski definition) is 3. The molecule has 1 aliphatic rings. The fraction of sp³-hybridized carbons (Fsp3) is 0.533. The standard InChI is InChI=1S/C15H22N2OS/c1-11-8-17(10-15(2,3)18-11)9-12-5-4-6-13(7-12)14(16)19/h4-7,11H,8-10H2,1-3H3,(H2,16,19). The quantitative estimate of drug-likeness (QED) is 0.861. The average molecular weight is 278 g/mol. The van der Waals surface area contributed by atoms with Crippen LogP contribution in [0.15, 0.2) is 24.3 Å². The van der Waals surface area contributed by atoms with Crippen molar-refractivity contribution in [2.24, 2.45) is 5.73 Å². The van der Waals surface area contributed by atoms with Gasteiger partial charge in [-0.2, -0.15) is 0 Å². The molecular formula is C15H22N2OS. The summed E-state index contributed by atoms with van der Waals surface area (Å²) < 4.78 is 5.92. The zero-order chi connectivity index (χ0) is 14.0. The van der Waals surface area contributed by atoms with Gasteiger partial charge in [-0.3, -0.25) is 4.90 Å². The lowest BCUT2D eigenvalue weighted by Crippen LogP contribution is -2.51. The summed E-state index contributed by atoms with van der Waals surface area (Å²) in [7, 11) is 0. The number of ether oxygens (including phenoxy) is 1. The molecule has 0 spiro atoms. The van der Waals surface area contributed by atoms with Crippen LogP contribution in [0.25, 0.3) is 0 Å². The lowest BCUT2D eigenvalue weighted by atomic mass is 10.0. The van der Waals surface area contributed by atoms with Crippen molar-refractivity contribution in [2.75, 3.05) is 13.1 Å². The summed E-state index contributed by atoms with van der Waals surface area (Å²) in [4.78, 5) is 2.88. The molecule has 4 heteroatoms. The van der Waals surface area contributed by atoms with Crippen LogP contribution >= 0.6 is 12.2 Å². The third-order valence-electron chi connectivity index (χ3n) is 3.26. The largest absolute Gasteiger partial charge is 0.389 e. The molecule has 2 N–H and O–H groups in total. The molecule has 0 amide bonds. The van der Waals surface area contributed by atoms with E-state index < -0.39 is 0 Å². The van der Waals surface area contributed by atoms with E-state index in [4.69, 9.17) is 22.7 Å². The van der Waals surface area contributed by atoms with Gasteiger partial charge in [0, 0.05) is 25.2 Å². The van der Waals surface area contributed by atoms with E-state index in [1.165, 1.54) is 5.56 Å². The first kappa shape index (κ1) is 14.4. The van der Waals surface area contributed by atoms with Crippen LogP contribution in [0.4, 0.5) is 0 Å². The van der Waals surface area contributed by atoms with E-state index in [0.717, 1.165) is 25.2 Å². The first-order valence-electron chi connectivity index (χ1n) is 6.65. The van der Waals surface area contributed by atoms with Crippen LogP contribution in [0.5, 0.6) is 0 Å². The summed E-state index contributed by atoms with van der Waals surface area (Å²) in [5.74, 6) is 0. The van der Waals surface area contributed by atoms with Gasteiger partial charge in [-0.05, 0) is 32.4 Å². The molecule has 1 aromatic carbocycles. The fourth-order valence-corrected chi connectivity index (χ4v) is 2.91. The number of nitrogens with two attached hydrogens (primary N) is 1. The monoisotopic (exact) mass is 278 g/mol. The van der Waals surface area contributed by atoms with Gasteiger partial charge in [-0.15, -0.1) is 0 Å². The Morgan fingerprint density at radius 2 is 2.26 bits per heavy atom. The van der Waals surface area contributed by atoms with E-state index in [0.29, 0.717) is 4.99 Å². The maximum atomic E-state index is 5.92. The normalized spacial score (nSPS) is 23.2. The second-order valence-electron chi connectivity index (χ2n) is 5.92. The first-order valence-corrected chi connectivity index (χ1v) is 7.05. The van der Waals surface area contributed by atoms with Crippen LogP contribution in [-0.4, -0.2) is 34.7 Å². The summed E-state index contributed by atoms with van der Waals surface area (Å²) in [5.41, 5.74) is 7.78. The SMILES string of the molecule is CC1CN(Cc2cccc(C(N)=S)c2)CC(C)(C)O1. The molecule has 2 rings (SSSR count). The van der Waals surface area contributed by atoms with E-state index in [1.54, 1.807) is 0 Å². The smallest absolute Gasteiger partial charge is 0.103 e. The highest BCUT2D eigenvalue weighted by Gasteiger charge is 2.31. The Morgan fingerprint density at radius 1 is 1.53 bits per heavy atom. The number of hydrogen-bond donors (Lipinski definition) is 1. The highest BCUT2D eigenvalue weighted by molar-refractivity contribution is 7.80. The number of rotatable bonds is 3. The van der Waals surface area contributed by atoms with Gasteiger partial charge in [-0.25, -0.2) is 0 Å². The summed E-state index contributed by atoms with van der Waals surface area (Å²) in [6.45, 7) is 9.21. The molecule has 104 valence electrons. The van der Waals surface area contributed by atoms with Gasteiger partial charge in [-0.1, -0.05) is 30.4 Å². The molecular weight excluding hydrogens is 256 g/mol. The topological polar surface area (TPSA) is 38.5 Å². The molecule has 1 aliphatic heterocycles. The first-order chi connectivity index (χ1) is 8.85. The summed E-state index contributed by atoms with van der Waals surface area (Å²) in [5, 5.41) is 0. The lowest BCUT2D eigenvalue weighted by Gasteiger charge is -2.41. The third-order valence-corrected chi connectivity index (χ3v) is 3.49. The molecule has 1 fully saturated rings. The molecule has 19 heavy (non-hydrogen) atoms. The molecule has 0 bridgehead atoms. The second kappa shape index (κ2) is 5.57. The van der Waals surface area contributed by atoms with Crippen LogP contribution in [-0.2, 0) is 11.3 Å². The Morgan fingerprint density at radius 3 is 2.89 bits per heavy atom. The van der Waals surface area contributed by atoms with Crippen molar-refractivity contribution in [1.29, 1.82) is 0 Å². The molecule has 0 saturated carbocycles. The van der Waals surface area contributed by atoms with Crippen molar-refractivity contribution >= 4 is 17.2 Å². The molecule has 3 nitrogen and oxygen atoms in total. The van der Waals surface area contributed by atoms with Crippen LogP contribution in [0.2, 0.25) is 0 Å². The number of morpholine rings is 1. The van der Waals surface area contributed by atoms with E-state index >= 15 is 0 Å². The fourth-order valence-electron chi connectivity index (χ4n) is 2.79. The van der Waals surface area contributed by atoms with Gasteiger partial charge >= 0.3 is 0 Å². The van der Waals surface area contributed by atoms with Crippen LogP contribution in [0.1, 0.15) is 31.9 Å². The minimum Gasteiger partial charge on any atom is -0.389 e. The van der Waals surface area contributed by atoms with Crippen LogP contribution in [0.3, 0.4) is 0 Å². The zero-order valence-electron chi connectivity index (χ0n) is 11.8. The van der Waals surface area contributed by atoms with E-state index in [9.17, 15) is 0 Å². The maximum absolute atomic E-state index is 5.92. The van der Waals surface area contributed by atoms with E-state index in [1.807, 2.05) is 12.1 Å². The number of benzene rings is 1. The van der Waals surface area contributed by atoms with Crippen LogP contribution < -0.4 is 5.73 Å². The van der Waals surface area contributed by atoms with Crippen molar-refractivity contribution in [3.63, 3.8) is 0 Å². The van der Waals surface area contributed by atoms with Gasteiger partial charge in [0.15, 0.2) is 0 Å². The molecule has 0 radical (unpaired) electrons. The summed E-state index contributed by atoms with van der Waals surface area (Å²) in [6.07, 6.45) is 0.266. The van der Waals surface area contributed by atoms with Gasteiger partial charge in [0.2, 0.25) is 0 Å². The van der Waals surface area contributed by atoms with Crippen molar-refractivity contribution in [2.45, 2.75) is 39.0 Å². The lowest BCUT2D eigenvalue weighted by molar-refractivity contribution is -0.130. The van der Waals surface area contributed by atoms with Gasteiger partial charge in [0.1, 0.15) is 4.99 Å². The Hall–Kier alpha value is -0.970. The minimum absolute atomic E-state index is 0.0849. The zero-order valence-corrected chi connectivity index (χ0v) is 12.7. The van der Waals surface area contributed by atoms with Crippen molar-refractivity contribution in [3.8, 4) is 0 Å². The predicted molar refractivity (Wildman–Crippen MR) is 82.2 cm³/mol. The molecule has 1 aromatic rings. The van der Waals surface area contributed by atoms with Crippen molar-refractivity contribution in [1.82, 2.24) is 4.90 Å². The molecule has 1 saturated heterocycles. The number of nitrogens with zero attached hydrogens (tertiary/aromatic N) is 1. The Kier molecular flexibility index (Phi) is 4.23. The highest BCUT2D eigenvalue weighted by Crippen LogP contribution is 2.22. The van der Waals surface area contributed by atoms with Gasteiger partial charge in [0.05, 0.1) is 11.7 Å². The highest BCUT2D eigenvalue weighted by atomic mass is 32.1. The second-order valence-corrected chi connectivity index (χ2v) is 6.36. The van der Waals surface area contributed by atoms with E-state index in [-0.39, 0.29) is 11.7 Å². The summed E-state index contributed by atoms with van der Waals surface area (Å²) >= 11 is 5.03. The minimum atomic E-state index is -0.0849. The average Bonchev–Trinajstić information content (AvgIpc) is 2.26. The van der Waals surface area contributed by atoms with E-state index in [2.05, 4.69) is 37.8 Å². The Balaban J connectivity index is 2.08. The predicted octanol–water partition coefficient (Wildman–Crippen LogP) is 2.32. The van der Waals surface area contributed by atoms with Gasteiger partial charge in [0.25, 0.3) is 0 Å². The van der Waals surface area contributed by atoms with Gasteiger partial charge < -0.3 is 10.5 Å². The Bertz CT molecular complexity index is 473. The molecule has 1 heterocycles. The molecule has 1 unspecified atom stereocenters. The van der Waals surface area contributed by atoms with Crippen molar-refractivity contribution in [3.05, 3.63) is 35.4 Å². The summed E-state index contributed by atoms with van der Waals surface area (Å²) in [6, 6.07) is 8.17. The van der Waals surface area contributed by atoms with Crippen molar-refractivity contribution < 1.29 is 4.74 Å². The molecule has 1 atom stereocenters. The van der Waals surface area contributed by atoms with Crippen LogP contribution in [0, 0.1) is 0 Å². The number of thiocarbonyl (C=S) groups is 1.